The van der Waals surface area contributed by atoms with Crippen molar-refractivity contribution in [1.29, 1.82) is 0 Å². The van der Waals surface area contributed by atoms with Gasteiger partial charge in [-0.05, 0) is 31.4 Å². The number of H-pyrrole nitrogens is 1. The molecule has 5 nitrogen and oxygen atoms in total. The summed E-state index contributed by atoms with van der Waals surface area (Å²) < 4.78 is 1.26. The predicted octanol–water partition coefficient (Wildman–Crippen LogP) is 2.58. The summed E-state index contributed by atoms with van der Waals surface area (Å²) in [6.07, 6.45) is 1.62. The highest BCUT2D eigenvalue weighted by atomic mass is 16.3. The van der Waals surface area contributed by atoms with Crippen LogP contribution >= 0.6 is 0 Å². The van der Waals surface area contributed by atoms with Gasteiger partial charge in [-0.1, -0.05) is 37.6 Å². The second-order valence-electron chi connectivity index (χ2n) is 5.28. The molecule has 0 saturated heterocycles. The van der Waals surface area contributed by atoms with Crippen molar-refractivity contribution in [2.45, 2.75) is 39.7 Å². The summed E-state index contributed by atoms with van der Waals surface area (Å²) in [7, 11) is 0. The summed E-state index contributed by atoms with van der Waals surface area (Å²) in [6, 6.07) is 7.10. The van der Waals surface area contributed by atoms with Crippen LogP contribution in [-0.2, 0) is 0 Å². The molecule has 0 fully saturated rings. The Morgan fingerprint density at radius 1 is 1.29 bits per heavy atom. The summed E-state index contributed by atoms with van der Waals surface area (Å²) in [6.45, 7) is 5.72. The third-order valence-corrected chi connectivity index (χ3v) is 3.68. The Morgan fingerprint density at radius 3 is 2.57 bits per heavy atom. The Bertz CT molecular complexity index is 759. The first-order chi connectivity index (χ1) is 9.97. The fraction of sp³-hybridized carbons (Fsp3) is 0.375. The molecule has 1 atom stereocenters. The van der Waals surface area contributed by atoms with E-state index in [9.17, 15) is 14.7 Å². The van der Waals surface area contributed by atoms with E-state index in [0.29, 0.717) is 5.56 Å². The van der Waals surface area contributed by atoms with Gasteiger partial charge >= 0.3 is 5.69 Å². The monoisotopic (exact) mass is 288 g/mol. The lowest BCUT2D eigenvalue weighted by molar-refractivity contribution is 0.363. The van der Waals surface area contributed by atoms with E-state index in [2.05, 4.69) is 4.98 Å². The molecule has 1 aromatic carbocycles. The number of aryl methyl sites for hydroxylation is 1. The number of aromatic amines is 1. The van der Waals surface area contributed by atoms with Gasteiger partial charge in [0.2, 0.25) is 5.88 Å². The van der Waals surface area contributed by atoms with Crippen LogP contribution in [0.5, 0.6) is 5.88 Å². The molecule has 2 rings (SSSR count). The molecule has 0 bridgehead atoms. The zero-order chi connectivity index (χ0) is 15.6. The maximum atomic E-state index is 12.1. The van der Waals surface area contributed by atoms with Crippen LogP contribution in [0.25, 0.3) is 11.1 Å². The summed E-state index contributed by atoms with van der Waals surface area (Å²) >= 11 is 0. The van der Waals surface area contributed by atoms with Gasteiger partial charge in [-0.15, -0.1) is 0 Å². The molecule has 0 spiro atoms. The molecule has 0 amide bonds. The van der Waals surface area contributed by atoms with Gasteiger partial charge in [0.1, 0.15) is 5.56 Å². The van der Waals surface area contributed by atoms with Gasteiger partial charge in [0.25, 0.3) is 5.56 Å². The third kappa shape index (κ3) is 2.77. The first-order valence-corrected chi connectivity index (χ1v) is 7.11. The molecule has 0 aliphatic carbocycles. The van der Waals surface area contributed by atoms with E-state index in [1.165, 1.54) is 4.57 Å². The molecule has 0 aliphatic heterocycles. The summed E-state index contributed by atoms with van der Waals surface area (Å²) in [5.74, 6) is -0.265. The lowest BCUT2D eigenvalue weighted by atomic mass is 10.0. The number of hydrogen-bond acceptors (Lipinski definition) is 3. The molecular formula is C16H20N2O3. The van der Waals surface area contributed by atoms with Crippen molar-refractivity contribution in [2.75, 3.05) is 0 Å². The first kappa shape index (κ1) is 15.1. The second kappa shape index (κ2) is 5.99. The van der Waals surface area contributed by atoms with E-state index in [4.69, 9.17) is 0 Å². The number of aromatic hydroxyl groups is 1. The van der Waals surface area contributed by atoms with E-state index in [1.54, 1.807) is 12.1 Å². The van der Waals surface area contributed by atoms with E-state index < -0.39 is 11.2 Å². The summed E-state index contributed by atoms with van der Waals surface area (Å²) in [5, 5.41) is 10.5. The zero-order valence-corrected chi connectivity index (χ0v) is 12.5. The van der Waals surface area contributed by atoms with Crippen LogP contribution < -0.4 is 11.2 Å². The van der Waals surface area contributed by atoms with Gasteiger partial charge in [0.05, 0.1) is 0 Å². The van der Waals surface area contributed by atoms with Crippen molar-refractivity contribution in [2.24, 2.45) is 0 Å². The van der Waals surface area contributed by atoms with Gasteiger partial charge < -0.3 is 5.11 Å². The summed E-state index contributed by atoms with van der Waals surface area (Å²) in [5.41, 5.74) is 0.513. The maximum Gasteiger partial charge on any atom is 0.331 e. The van der Waals surface area contributed by atoms with E-state index in [0.717, 1.165) is 18.4 Å². The fourth-order valence-corrected chi connectivity index (χ4v) is 2.59. The Kier molecular flexibility index (Phi) is 4.31. The Labute approximate surface area is 122 Å². The Morgan fingerprint density at radius 2 is 1.95 bits per heavy atom. The largest absolute Gasteiger partial charge is 0.494 e. The fourth-order valence-electron chi connectivity index (χ4n) is 2.59. The molecule has 0 aliphatic rings. The van der Waals surface area contributed by atoms with E-state index in [-0.39, 0.29) is 17.5 Å². The van der Waals surface area contributed by atoms with Gasteiger partial charge in [0.15, 0.2) is 0 Å². The molecule has 2 aromatic rings. The molecule has 1 unspecified atom stereocenters. The third-order valence-electron chi connectivity index (χ3n) is 3.68. The van der Waals surface area contributed by atoms with Crippen LogP contribution in [0.4, 0.5) is 0 Å². The average molecular weight is 288 g/mol. The lowest BCUT2D eigenvalue weighted by Gasteiger charge is -2.18. The van der Waals surface area contributed by atoms with Gasteiger partial charge in [-0.2, -0.15) is 0 Å². The molecule has 0 radical (unpaired) electrons. The normalized spacial score (nSPS) is 12.3. The van der Waals surface area contributed by atoms with Crippen LogP contribution in [0.15, 0.2) is 33.9 Å². The van der Waals surface area contributed by atoms with Crippen molar-refractivity contribution >= 4 is 0 Å². The van der Waals surface area contributed by atoms with Crippen LogP contribution in [0.3, 0.4) is 0 Å². The smallest absolute Gasteiger partial charge is 0.331 e. The minimum absolute atomic E-state index is 0.149. The molecule has 1 aromatic heterocycles. The van der Waals surface area contributed by atoms with Gasteiger partial charge in [-0.3, -0.25) is 14.3 Å². The number of benzene rings is 1. The summed E-state index contributed by atoms with van der Waals surface area (Å²) in [4.78, 5) is 26.4. The molecule has 2 N–H and O–H groups in total. The van der Waals surface area contributed by atoms with Crippen molar-refractivity contribution in [1.82, 2.24) is 9.55 Å². The van der Waals surface area contributed by atoms with Gasteiger partial charge in [-0.25, -0.2) is 4.79 Å². The predicted molar refractivity (Wildman–Crippen MR) is 82.8 cm³/mol. The molecule has 112 valence electrons. The van der Waals surface area contributed by atoms with Crippen molar-refractivity contribution in [3.63, 3.8) is 0 Å². The lowest BCUT2D eigenvalue weighted by Crippen LogP contribution is -2.32. The highest BCUT2D eigenvalue weighted by molar-refractivity contribution is 5.70. The highest BCUT2D eigenvalue weighted by Crippen LogP contribution is 2.29. The van der Waals surface area contributed by atoms with E-state index >= 15 is 0 Å². The minimum Gasteiger partial charge on any atom is -0.494 e. The number of nitrogens with one attached hydrogen (secondary N) is 1. The Balaban J connectivity index is 2.74. The molecule has 21 heavy (non-hydrogen) atoms. The first-order valence-electron chi connectivity index (χ1n) is 7.11. The zero-order valence-electron chi connectivity index (χ0n) is 12.5. The minimum atomic E-state index is -0.573. The topological polar surface area (TPSA) is 75.1 Å². The quantitative estimate of drug-likeness (QED) is 0.908. The number of aromatic nitrogens is 2. The van der Waals surface area contributed by atoms with Crippen LogP contribution in [0.2, 0.25) is 0 Å². The molecule has 1 heterocycles. The molecular weight excluding hydrogens is 268 g/mol. The second-order valence-corrected chi connectivity index (χ2v) is 5.28. The number of nitrogens with zero attached hydrogens (tertiary/aromatic N) is 1. The SMILES string of the molecule is CCCC(C)n1c(O)c(-c2ccccc2C)c(=O)[nH]c1=O. The van der Waals surface area contributed by atoms with Crippen LogP contribution in [0.1, 0.15) is 38.3 Å². The van der Waals surface area contributed by atoms with Crippen LogP contribution in [-0.4, -0.2) is 14.7 Å². The van der Waals surface area contributed by atoms with Crippen molar-refractivity contribution < 1.29 is 5.11 Å². The number of rotatable bonds is 4. The standard InChI is InChI=1S/C16H20N2O3/c1-4-7-11(3)18-15(20)13(14(19)17-16(18)21)12-9-6-5-8-10(12)2/h5-6,8-9,11,20H,4,7H2,1-3H3,(H,17,19,21). The number of hydrogen-bond donors (Lipinski definition) is 2. The highest BCUT2D eigenvalue weighted by Gasteiger charge is 2.19. The van der Waals surface area contributed by atoms with Crippen LogP contribution in [0, 0.1) is 6.92 Å². The van der Waals surface area contributed by atoms with Gasteiger partial charge in [0, 0.05) is 6.04 Å². The Hall–Kier alpha value is -2.30. The molecule has 5 heteroatoms. The van der Waals surface area contributed by atoms with E-state index in [1.807, 2.05) is 32.9 Å². The molecule has 0 saturated carbocycles. The average Bonchev–Trinajstić information content (AvgIpc) is 2.40. The maximum absolute atomic E-state index is 12.1. The van der Waals surface area contributed by atoms with Crippen molar-refractivity contribution in [3.8, 4) is 17.0 Å². The van der Waals surface area contributed by atoms with Crippen molar-refractivity contribution in [3.05, 3.63) is 50.7 Å².